The Balaban J connectivity index is 2.14. The monoisotopic (exact) mass is 285 g/mol. The van der Waals surface area contributed by atoms with E-state index in [1.165, 1.54) is 0 Å². The molecule has 21 heavy (non-hydrogen) atoms. The summed E-state index contributed by atoms with van der Waals surface area (Å²) >= 11 is 0. The summed E-state index contributed by atoms with van der Waals surface area (Å²) in [6.07, 6.45) is 7.38. The fourth-order valence-electron chi connectivity index (χ4n) is 2.12. The first kappa shape index (κ1) is 14.5. The molecule has 1 aromatic heterocycles. The van der Waals surface area contributed by atoms with E-state index in [2.05, 4.69) is 21.7 Å². The average molecular weight is 285 g/mol. The molecule has 1 amide bonds. The van der Waals surface area contributed by atoms with Crippen LogP contribution in [0.2, 0.25) is 0 Å². The number of aliphatic carboxylic acids is 1. The molecular formula is C15H15N3O3. The maximum Gasteiger partial charge on any atom is 0.322 e. The van der Waals surface area contributed by atoms with E-state index in [-0.39, 0.29) is 0 Å². The van der Waals surface area contributed by atoms with Gasteiger partial charge in [-0.25, -0.2) is 0 Å². The molecule has 0 aliphatic heterocycles. The van der Waals surface area contributed by atoms with Crippen molar-refractivity contribution in [2.45, 2.75) is 12.5 Å². The van der Waals surface area contributed by atoms with Crippen LogP contribution in [0.3, 0.4) is 0 Å². The van der Waals surface area contributed by atoms with Crippen molar-refractivity contribution in [3.63, 3.8) is 0 Å². The normalized spacial score (nSPS) is 11.6. The lowest BCUT2D eigenvalue weighted by Gasteiger charge is -2.14. The summed E-state index contributed by atoms with van der Waals surface area (Å²) in [5.41, 5.74) is 1.90. The van der Waals surface area contributed by atoms with Gasteiger partial charge in [0.05, 0.1) is 0 Å². The lowest BCUT2D eigenvalue weighted by Crippen LogP contribution is -2.45. The van der Waals surface area contributed by atoms with Crippen LogP contribution in [0.1, 0.15) is 5.56 Å². The Labute approximate surface area is 121 Å². The molecule has 1 heterocycles. The van der Waals surface area contributed by atoms with Crippen LogP contribution in [0, 0.1) is 12.5 Å². The fourth-order valence-corrected chi connectivity index (χ4v) is 2.12. The summed E-state index contributed by atoms with van der Waals surface area (Å²) in [7, 11) is 0. The Bertz CT molecular complexity index is 699. The standard InChI is InChI=1S/C15H15N3O3/c1-2-16-13(15(21)18-9-14(19)20)7-10-8-17-12-6-4-3-5-11(10)12/h1,3-6,8,13,16-17H,7,9H2,(H,18,21)(H,19,20). The van der Waals surface area contributed by atoms with Crippen LogP contribution in [-0.2, 0) is 16.0 Å². The molecule has 1 aromatic carbocycles. The number of carboxylic acid groups (broad SMARTS) is 1. The first-order valence-corrected chi connectivity index (χ1v) is 6.37. The third-order valence-electron chi connectivity index (χ3n) is 3.09. The fraction of sp³-hybridized carbons (Fsp3) is 0.200. The van der Waals surface area contributed by atoms with Crippen LogP contribution in [0.25, 0.3) is 10.9 Å². The number of nitrogens with one attached hydrogen (secondary N) is 3. The second kappa shape index (κ2) is 6.48. The van der Waals surface area contributed by atoms with Gasteiger partial charge in [0.15, 0.2) is 0 Å². The van der Waals surface area contributed by atoms with Crippen LogP contribution < -0.4 is 10.6 Å². The number of terminal acetylenes is 1. The molecule has 6 nitrogen and oxygen atoms in total. The van der Waals surface area contributed by atoms with Gasteiger partial charge in [0.25, 0.3) is 0 Å². The highest BCUT2D eigenvalue weighted by atomic mass is 16.4. The van der Waals surface area contributed by atoms with Crippen LogP contribution in [-0.4, -0.2) is 34.6 Å². The van der Waals surface area contributed by atoms with Crippen LogP contribution in [0.15, 0.2) is 30.5 Å². The Morgan fingerprint density at radius 2 is 2.14 bits per heavy atom. The van der Waals surface area contributed by atoms with Gasteiger partial charge in [0, 0.05) is 29.6 Å². The molecule has 108 valence electrons. The molecule has 4 N–H and O–H groups in total. The van der Waals surface area contributed by atoms with Crippen molar-refractivity contribution in [2.24, 2.45) is 0 Å². The zero-order valence-corrected chi connectivity index (χ0v) is 11.2. The van der Waals surface area contributed by atoms with E-state index in [1.54, 1.807) is 0 Å². The topological polar surface area (TPSA) is 94.2 Å². The van der Waals surface area contributed by atoms with Gasteiger partial charge in [0.1, 0.15) is 12.6 Å². The van der Waals surface area contributed by atoms with Gasteiger partial charge in [0.2, 0.25) is 5.91 Å². The molecule has 0 radical (unpaired) electrons. The first-order valence-electron chi connectivity index (χ1n) is 6.37. The van der Waals surface area contributed by atoms with E-state index in [9.17, 15) is 9.59 Å². The smallest absolute Gasteiger partial charge is 0.322 e. The highest BCUT2D eigenvalue weighted by molar-refractivity contribution is 5.87. The minimum Gasteiger partial charge on any atom is -0.480 e. The van der Waals surface area contributed by atoms with Crippen molar-refractivity contribution in [2.75, 3.05) is 6.54 Å². The molecule has 0 bridgehead atoms. The molecule has 0 fully saturated rings. The lowest BCUT2D eigenvalue weighted by molar-refractivity contribution is -0.138. The minimum absolute atomic E-state index is 0.361. The molecule has 0 aliphatic carbocycles. The Morgan fingerprint density at radius 1 is 1.38 bits per heavy atom. The number of carbonyl (C=O) groups is 2. The number of hydrogen-bond donors (Lipinski definition) is 4. The molecule has 2 rings (SSSR count). The van der Waals surface area contributed by atoms with Crippen molar-refractivity contribution in [1.29, 1.82) is 0 Å². The Hall–Kier alpha value is -2.94. The van der Waals surface area contributed by atoms with E-state index >= 15 is 0 Å². The molecule has 6 heteroatoms. The van der Waals surface area contributed by atoms with Crippen LogP contribution in [0.5, 0.6) is 0 Å². The lowest BCUT2D eigenvalue weighted by atomic mass is 10.0. The number of benzene rings is 1. The van der Waals surface area contributed by atoms with E-state index < -0.39 is 24.5 Å². The molecule has 0 saturated carbocycles. The van der Waals surface area contributed by atoms with Crippen molar-refractivity contribution in [3.8, 4) is 12.5 Å². The maximum absolute atomic E-state index is 12.0. The molecule has 0 saturated heterocycles. The second-order valence-electron chi connectivity index (χ2n) is 4.52. The van der Waals surface area contributed by atoms with Gasteiger partial charge < -0.3 is 20.7 Å². The summed E-state index contributed by atoms with van der Waals surface area (Å²) in [5, 5.41) is 14.5. The van der Waals surface area contributed by atoms with Crippen molar-refractivity contribution in [3.05, 3.63) is 36.0 Å². The third-order valence-corrected chi connectivity index (χ3v) is 3.09. The third kappa shape index (κ3) is 3.54. The van der Waals surface area contributed by atoms with E-state index in [1.807, 2.05) is 30.5 Å². The van der Waals surface area contributed by atoms with E-state index in [4.69, 9.17) is 11.5 Å². The number of aromatic amines is 1. The van der Waals surface area contributed by atoms with Gasteiger partial charge >= 0.3 is 5.97 Å². The molecule has 2 aromatic rings. The average Bonchev–Trinajstić information content (AvgIpc) is 2.87. The number of amides is 1. The van der Waals surface area contributed by atoms with Gasteiger partial charge in [-0.05, 0) is 11.6 Å². The molecule has 0 aliphatic rings. The molecule has 0 spiro atoms. The number of hydrogen-bond acceptors (Lipinski definition) is 3. The van der Waals surface area contributed by atoms with Crippen molar-refractivity contribution < 1.29 is 14.7 Å². The maximum atomic E-state index is 12.0. The molecular weight excluding hydrogens is 270 g/mol. The van der Waals surface area contributed by atoms with Gasteiger partial charge in [-0.2, -0.15) is 0 Å². The summed E-state index contributed by atoms with van der Waals surface area (Å²) in [6, 6.07) is 9.25. The number of aromatic nitrogens is 1. The number of rotatable bonds is 6. The second-order valence-corrected chi connectivity index (χ2v) is 4.52. The number of para-hydroxylation sites is 1. The number of carbonyl (C=O) groups excluding carboxylic acids is 1. The van der Waals surface area contributed by atoms with Gasteiger partial charge in [-0.1, -0.05) is 24.6 Å². The predicted molar refractivity (Wildman–Crippen MR) is 78.4 cm³/mol. The SMILES string of the molecule is C#CNC(Cc1c[nH]c2ccccc12)C(=O)NCC(=O)O. The molecule has 1 unspecified atom stereocenters. The van der Waals surface area contributed by atoms with Crippen molar-refractivity contribution in [1.82, 2.24) is 15.6 Å². The Morgan fingerprint density at radius 3 is 2.86 bits per heavy atom. The highest BCUT2D eigenvalue weighted by Crippen LogP contribution is 2.19. The van der Waals surface area contributed by atoms with Crippen molar-refractivity contribution >= 4 is 22.8 Å². The zero-order valence-electron chi connectivity index (χ0n) is 11.2. The largest absolute Gasteiger partial charge is 0.480 e. The van der Waals surface area contributed by atoms with Gasteiger partial charge in [-0.15, -0.1) is 0 Å². The van der Waals surface area contributed by atoms with Crippen LogP contribution >= 0.6 is 0 Å². The van der Waals surface area contributed by atoms with Gasteiger partial charge in [-0.3, -0.25) is 9.59 Å². The van der Waals surface area contributed by atoms with E-state index in [0.717, 1.165) is 16.5 Å². The highest BCUT2D eigenvalue weighted by Gasteiger charge is 2.19. The molecule has 1 atom stereocenters. The summed E-state index contributed by atoms with van der Waals surface area (Å²) < 4.78 is 0. The summed E-state index contributed by atoms with van der Waals surface area (Å²) in [5.74, 6) is -1.55. The quantitative estimate of drug-likeness (QED) is 0.458. The summed E-state index contributed by atoms with van der Waals surface area (Å²) in [6.45, 7) is -0.435. The number of fused-ring (bicyclic) bond motifs is 1. The Kier molecular flexibility index (Phi) is 4.46. The van der Waals surface area contributed by atoms with E-state index in [0.29, 0.717) is 6.42 Å². The number of H-pyrrole nitrogens is 1. The van der Waals surface area contributed by atoms with Crippen LogP contribution in [0.4, 0.5) is 0 Å². The zero-order chi connectivity index (χ0) is 15.2. The number of carboxylic acids is 1. The predicted octanol–water partition coefficient (Wildman–Crippen LogP) is 0.460. The first-order chi connectivity index (χ1) is 10.1. The minimum atomic E-state index is -1.10. The summed E-state index contributed by atoms with van der Waals surface area (Å²) in [4.78, 5) is 25.6.